The second-order valence-electron chi connectivity index (χ2n) is 7.00. The first-order valence-corrected chi connectivity index (χ1v) is 9.25. The summed E-state index contributed by atoms with van der Waals surface area (Å²) in [6, 6.07) is 0. The second-order valence-corrected chi connectivity index (χ2v) is 8.23. The van der Waals surface area contributed by atoms with Crippen molar-refractivity contribution in [2.45, 2.75) is 62.1 Å². The third-order valence-electron chi connectivity index (χ3n) is 5.77. The van der Waals surface area contributed by atoms with Gasteiger partial charge in [-0.25, -0.2) is 0 Å². The minimum atomic E-state index is 0.150. The van der Waals surface area contributed by atoms with Crippen molar-refractivity contribution < 1.29 is 9.47 Å². The van der Waals surface area contributed by atoms with Crippen molar-refractivity contribution in [3.05, 3.63) is 0 Å². The monoisotopic (exact) mass is 336 g/mol. The molecule has 0 atom stereocenters. The van der Waals surface area contributed by atoms with E-state index in [9.17, 15) is 0 Å². The van der Waals surface area contributed by atoms with E-state index in [0.29, 0.717) is 22.6 Å². The van der Waals surface area contributed by atoms with E-state index in [1.807, 2.05) is 14.2 Å². The normalized spacial score (nSPS) is 34.9. The third-order valence-corrected chi connectivity index (χ3v) is 6.64. The maximum absolute atomic E-state index is 6.31. The standard InChI is InChI=1S/C17H30Cl2O2/c1-20-11-17(12-21-2,13-3-7-15(18)8-4-13)14-5-9-16(19)10-6-14/h13-16H,3-12H2,1-2H3. The molecule has 0 spiro atoms. The largest absolute Gasteiger partial charge is 0.384 e. The summed E-state index contributed by atoms with van der Waals surface area (Å²) >= 11 is 12.6. The second kappa shape index (κ2) is 8.38. The van der Waals surface area contributed by atoms with Crippen LogP contribution in [0.25, 0.3) is 0 Å². The molecule has 2 aliphatic rings. The van der Waals surface area contributed by atoms with E-state index in [4.69, 9.17) is 32.7 Å². The minimum absolute atomic E-state index is 0.150. The van der Waals surface area contributed by atoms with Crippen LogP contribution in [-0.2, 0) is 9.47 Å². The van der Waals surface area contributed by atoms with Gasteiger partial charge in [0.15, 0.2) is 0 Å². The van der Waals surface area contributed by atoms with Gasteiger partial charge in [-0.3, -0.25) is 0 Å². The highest BCUT2D eigenvalue weighted by Crippen LogP contribution is 2.50. The first-order chi connectivity index (χ1) is 10.1. The Kier molecular flexibility index (Phi) is 7.12. The van der Waals surface area contributed by atoms with E-state index < -0.39 is 0 Å². The van der Waals surface area contributed by atoms with E-state index >= 15 is 0 Å². The Labute approximate surface area is 139 Å². The zero-order valence-electron chi connectivity index (χ0n) is 13.5. The topological polar surface area (TPSA) is 18.5 Å². The van der Waals surface area contributed by atoms with Gasteiger partial charge < -0.3 is 9.47 Å². The fourth-order valence-electron chi connectivity index (χ4n) is 4.64. The van der Waals surface area contributed by atoms with Crippen LogP contribution in [0.1, 0.15) is 51.4 Å². The Morgan fingerprint density at radius 3 is 1.33 bits per heavy atom. The average molecular weight is 337 g/mol. The summed E-state index contributed by atoms with van der Waals surface area (Å²) in [4.78, 5) is 0. The van der Waals surface area contributed by atoms with Gasteiger partial charge in [0.2, 0.25) is 0 Å². The molecule has 0 aromatic carbocycles. The molecule has 0 amide bonds. The van der Waals surface area contributed by atoms with E-state index in [1.54, 1.807) is 0 Å². The molecule has 0 radical (unpaired) electrons. The molecule has 4 heteroatoms. The van der Waals surface area contributed by atoms with Crippen LogP contribution in [-0.4, -0.2) is 38.2 Å². The van der Waals surface area contributed by atoms with Crippen LogP contribution in [0.2, 0.25) is 0 Å². The lowest BCUT2D eigenvalue weighted by Gasteiger charge is -2.49. The number of methoxy groups -OCH3 is 2. The van der Waals surface area contributed by atoms with Crippen LogP contribution < -0.4 is 0 Å². The molecule has 0 aromatic rings. The lowest BCUT2D eigenvalue weighted by Crippen LogP contribution is -2.48. The smallest absolute Gasteiger partial charge is 0.0546 e. The minimum Gasteiger partial charge on any atom is -0.384 e. The number of rotatable bonds is 6. The summed E-state index contributed by atoms with van der Waals surface area (Å²) in [6.07, 6.45) is 9.36. The number of hydrogen-bond acceptors (Lipinski definition) is 2. The van der Waals surface area contributed by atoms with Crippen LogP contribution in [0.3, 0.4) is 0 Å². The molecule has 0 unspecified atom stereocenters. The van der Waals surface area contributed by atoms with Gasteiger partial charge in [-0.1, -0.05) is 0 Å². The molecule has 0 saturated heterocycles. The fraction of sp³-hybridized carbons (Fsp3) is 1.00. The van der Waals surface area contributed by atoms with Gasteiger partial charge in [-0.15, -0.1) is 23.2 Å². The van der Waals surface area contributed by atoms with Crippen molar-refractivity contribution in [1.29, 1.82) is 0 Å². The lowest BCUT2D eigenvalue weighted by atomic mass is 9.59. The summed E-state index contributed by atoms with van der Waals surface area (Å²) in [5, 5.41) is 0.727. The highest BCUT2D eigenvalue weighted by atomic mass is 35.5. The molecule has 0 heterocycles. The van der Waals surface area contributed by atoms with Gasteiger partial charge in [-0.2, -0.15) is 0 Å². The van der Waals surface area contributed by atoms with Crippen LogP contribution in [0, 0.1) is 17.3 Å². The quantitative estimate of drug-likeness (QED) is 0.644. The Bertz CT molecular complexity index is 265. The number of alkyl halides is 2. The van der Waals surface area contributed by atoms with Crippen LogP contribution in [0.15, 0.2) is 0 Å². The van der Waals surface area contributed by atoms with Crippen LogP contribution >= 0.6 is 23.2 Å². The van der Waals surface area contributed by atoms with Gasteiger partial charge >= 0.3 is 0 Å². The van der Waals surface area contributed by atoms with Crippen LogP contribution in [0.5, 0.6) is 0 Å². The number of halogens is 2. The first-order valence-electron chi connectivity index (χ1n) is 8.38. The van der Waals surface area contributed by atoms with Crippen molar-refractivity contribution in [1.82, 2.24) is 0 Å². The zero-order chi connectivity index (χ0) is 15.3. The molecule has 2 saturated carbocycles. The van der Waals surface area contributed by atoms with Crippen molar-refractivity contribution in [2.75, 3.05) is 27.4 Å². The van der Waals surface area contributed by atoms with E-state index in [0.717, 1.165) is 38.9 Å². The molecule has 2 nitrogen and oxygen atoms in total. The Morgan fingerprint density at radius 2 is 1.05 bits per heavy atom. The summed E-state index contributed by atoms with van der Waals surface area (Å²) in [5.41, 5.74) is 0.150. The first kappa shape index (κ1) is 17.8. The Morgan fingerprint density at radius 1 is 0.714 bits per heavy atom. The molecular formula is C17H30Cl2O2. The molecule has 0 aromatic heterocycles. The maximum Gasteiger partial charge on any atom is 0.0546 e. The van der Waals surface area contributed by atoms with Gasteiger partial charge in [0.1, 0.15) is 0 Å². The average Bonchev–Trinajstić information content (AvgIpc) is 2.48. The highest BCUT2D eigenvalue weighted by molar-refractivity contribution is 6.20. The maximum atomic E-state index is 6.31. The predicted molar refractivity (Wildman–Crippen MR) is 89.4 cm³/mol. The van der Waals surface area contributed by atoms with E-state index in [-0.39, 0.29) is 5.41 Å². The molecule has 0 bridgehead atoms. The Balaban J connectivity index is 2.15. The highest BCUT2D eigenvalue weighted by Gasteiger charge is 2.47. The van der Waals surface area contributed by atoms with Crippen molar-refractivity contribution in [2.24, 2.45) is 17.3 Å². The Hall–Kier alpha value is 0.500. The summed E-state index contributed by atoms with van der Waals surface area (Å²) in [5.74, 6) is 1.34. The van der Waals surface area contributed by atoms with E-state index in [2.05, 4.69) is 0 Å². The SMILES string of the molecule is COCC(COC)(C1CCC(Cl)CC1)C1CCC(Cl)CC1. The fourth-order valence-corrected chi connectivity index (χ4v) is 5.14. The van der Waals surface area contributed by atoms with Crippen molar-refractivity contribution in [3.8, 4) is 0 Å². The summed E-state index contributed by atoms with van der Waals surface area (Å²) < 4.78 is 11.3. The molecular weight excluding hydrogens is 307 g/mol. The summed E-state index contributed by atoms with van der Waals surface area (Å²) in [6.45, 7) is 1.60. The molecule has 2 rings (SSSR count). The van der Waals surface area contributed by atoms with Gasteiger partial charge in [0.05, 0.1) is 13.2 Å². The zero-order valence-corrected chi connectivity index (χ0v) is 15.0. The molecule has 21 heavy (non-hydrogen) atoms. The molecule has 2 aliphatic carbocycles. The van der Waals surface area contributed by atoms with Crippen molar-refractivity contribution >= 4 is 23.2 Å². The van der Waals surface area contributed by atoms with E-state index in [1.165, 1.54) is 25.7 Å². The molecule has 2 fully saturated rings. The molecule has 124 valence electrons. The van der Waals surface area contributed by atoms with Gasteiger partial charge in [-0.05, 0) is 63.2 Å². The van der Waals surface area contributed by atoms with Crippen molar-refractivity contribution in [3.63, 3.8) is 0 Å². The summed E-state index contributed by atoms with van der Waals surface area (Å²) in [7, 11) is 3.65. The molecule has 0 N–H and O–H groups in total. The van der Waals surface area contributed by atoms with Gasteiger partial charge in [0, 0.05) is 30.4 Å². The lowest BCUT2D eigenvalue weighted by molar-refractivity contribution is -0.0883. The predicted octanol–water partition coefficient (Wildman–Crippen LogP) is 4.86. The van der Waals surface area contributed by atoms with Crippen LogP contribution in [0.4, 0.5) is 0 Å². The van der Waals surface area contributed by atoms with Gasteiger partial charge in [0.25, 0.3) is 0 Å². The third kappa shape index (κ3) is 4.28. The number of ether oxygens (including phenoxy) is 2. The number of hydrogen-bond donors (Lipinski definition) is 0. The molecule has 0 aliphatic heterocycles.